The van der Waals surface area contributed by atoms with Gasteiger partial charge in [0.25, 0.3) is 17.5 Å². The van der Waals surface area contributed by atoms with Crippen molar-refractivity contribution in [2.45, 2.75) is 6.92 Å². The average molecular weight is 405 g/mol. The van der Waals surface area contributed by atoms with Crippen LogP contribution in [0.2, 0.25) is 0 Å². The maximum atomic E-state index is 12.4. The van der Waals surface area contributed by atoms with E-state index >= 15 is 0 Å². The second kappa shape index (κ2) is 9.33. The van der Waals surface area contributed by atoms with Crippen molar-refractivity contribution in [3.63, 3.8) is 0 Å². The van der Waals surface area contributed by atoms with Gasteiger partial charge in [-0.3, -0.25) is 19.7 Å². The largest absolute Gasteiger partial charge is 0.494 e. The highest BCUT2D eigenvalue weighted by Gasteiger charge is 2.11. The summed E-state index contributed by atoms with van der Waals surface area (Å²) in [7, 11) is 0. The van der Waals surface area contributed by atoms with E-state index < -0.39 is 10.8 Å². The lowest BCUT2D eigenvalue weighted by atomic mass is 10.1. The van der Waals surface area contributed by atoms with Crippen molar-refractivity contribution < 1.29 is 19.2 Å². The molecule has 0 atom stereocenters. The number of nitro benzene ring substituents is 1. The first kappa shape index (κ1) is 20.5. The Morgan fingerprint density at radius 3 is 1.67 bits per heavy atom. The van der Waals surface area contributed by atoms with E-state index in [1.807, 2.05) is 6.92 Å². The molecule has 8 heteroatoms. The molecule has 0 unspecified atom stereocenters. The van der Waals surface area contributed by atoms with Gasteiger partial charge in [-0.15, -0.1) is 0 Å². The zero-order chi connectivity index (χ0) is 21.5. The molecule has 0 heterocycles. The maximum absolute atomic E-state index is 12.4. The predicted octanol–water partition coefficient (Wildman–Crippen LogP) is 4.50. The standard InChI is InChI=1S/C22H19N3O5/c1-2-30-20-13-9-18(10-14-20)24-21(26)15-3-7-17(8-4-15)23-22(27)16-5-11-19(12-6-16)25(28)29/h3-14H,2H2,1H3,(H,23,27)(H,24,26). The van der Waals surface area contributed by atoms with E-state index in [0.717, 1.165) is 5.75 Å². The number of nitrogens with zero attached hydrogens (tertiary/aromatic N) is 1. The van der Waals surface area contributed by atoms with Crippen LogP contribution in [0.3, 0.4) is 0 Å². The molecule has 30 heavy (non-hydrogen) atoms. The Morgan fingerprint density at radius 2 is 1.23 bits per heavy atom. The number of non-ortho nitro benzene ring substituents is 1. The number of carbonyl (C=O) groups is 2. The SMILES string of the molecule is CCOc1ccc(NC(=O)c2ccc(NC(=O)c3ccc([N+](=O)[O-])cc3)cc2)cc1. The van der Waals surface area contributed by atoms with Crippen LogP contribution in [0.15, 0.2) is 72.8 Å². The topological polar surface area (TPSA) is 111 Å². The monoisotopic (exact) mass is 405 g/mol. The molecule has 0 aliphatic heterocycles. The van der Waals surface area contributed by atoms with Gasteiger partial charge in [-0.1, -0.05) is 0 Å². The van der Waals surface area contributed by atoms with Crippen LogP contribution >= 0.6 is 0 Å². The predicted molar refractivity (Wildman–Crippen MR) is 113 cm³/mol. The highest BCUT2D eigenvalue weighted by molar-refractivity contribution is 6.06. The third-order valence-corrected chi connectivity index (χ3v) is 4.17. The Balaban J connectivity index is 1.60. The normalized spacial score (nSPS) is 10.2. The number of nitrogens with one attached hydrogen (secondary N) is 2. The van der Waals surface area contributed by atoms with Gasteiger partial charge in [-0.05, 0) is 67.6 Å². The number of rotatable bonds is 7. The van der Waals surface area contributed by atoms with E-state index in [2.05, 4.69) is 10.6 Å². The molecular formula is C22H19N3O5. The van der Waals surface area contributed by atoms with E-state index in [4.69, 9.17) is 4.74 Å². The number of carbonyl (C=O) groups excluding carboxylic acids is 2. The Kier molecular flexibility index (Phi) is 6.39. The Morgan fingerprint density at radius 1 is 0.800 bits per heavy atom. The highest BCUT2D eigenvalue weighted by atomic mass is 16.6. The molecular weight excluding hydrogens is 386 g/mol. The summed E-state index contributed by atoms with van der Waals surface area (Å²) in [5, 5.41) is 16.2. The van der Waals surface area contributed by atoms with E-state index in [1.54, 1.807) is 48.5 Å². The molecule has 8 nitrogen and oxygen atoms in total. The lowest BCUT2D eigenvalue weighted by Crippen LogP contribution is -2.13. The van der Waals surface area contributed by atoms with Gasteiger partial charge in [-0.2, -0.15) is 0 Å². The van der Waals surface area contributed by atoms with Crippen molar-refractivity contribution in [1.29, 1.82) is 0 Å². The molecule has 3 aromatic rings. The van der Waals surface area contributed by atoms with Gasteiger partial charge >= 0.3 is 0 Å². The number of hydrogen-bond acceptors (Lipinski definition) is 5. The number of amides is 2. The van der Waals surface area contributed by atoms with Crippen LogP contribution in [0, 0.1) is 10.1 Å². The summed E-state index contributed by atoms with van der Waals surface area (Å²) in [6, 6.07) is 18.7. The van der Waals surface area contributed by atoms with Crippen LogP contribution in [0.1, 0.15) is 27.6 Å². The van der Waals surface area contributed by atoms with Crippen molar-refractivity contribution >= 4 is 28.9 Å². The van der Waals surface area contributed by atoms with Gasteiger partial charge in [0.1, 0.15) is 5.75 Å². The fourth-order valence-corrected chi connectivity index (χ4v) is 2.65. The molecule has 2 amide bonds. The van der Waals surface area contributed by atoms with Crippen LogP contribution in [0.4, 0.5) is 17.1 Å². The lowest BCUT2D eigenvalue weighted by Gasteiger charge is -2.09. The first-order valence-electron chi connectivity index (χ1n) is 9.16. The molecule has 0 bridgehead atoms. The third kappa shape index (κ3) is 5.20. The summed E-state index contributed by atoms with van der Waals surface area (Å²) in [5.41, 5.74) is 1.76. The zero-order valence-electron chi connectivity index (χ0n) is 16.1. The van der Waals surface area contributed by atoms with Crippen LogP contribution in [0.25, 0.3) is 0 Å². The Hall–Kier alpha value is -4.20. The van der Waals surface area contributed by atoms with Gasteiger partial charge in [0, 0.05) is 34.6 Å². The minimum absolute atomic E-state index is 0.0885. The summed E-state index contributed by atoms with van der Waals surface area (Å²) in [6.45, 7) is 2.46. The molecule has 0 fully saturated rings. The smallest absolute Gasteiger partial charge is 0.269 e. The van der Waals surface area contributed by atoms with Gasteiger partial charge in [0.15, 0.2) is 0 Å². The van der Waals surface area contributed by atoms with Crippen molar-refractivity contribution in [2.75, 3.05) is 17.2 Å². The number of ether oxygens (including phenoxy) is 1. The number of hydrogen-bond donors (Lipinski definition) is 2. The van der Waals surface area contributed by atoms with Crippen molar-refractivity contribution in [1.82, 2.24) is 0 Å². The molecule has 0 radical (unpaired) electrons. The van der Waals surface area contributed by atoms with Crippen LogP contribution in [-0.2, 0) is 0 Å². The Labute approximate surface area is 172 Å². The summed E-state index contributed by atoms with van der Waals surface area (Å²) in [6.07, 6.45) is 0. The van der Waals surface area contributed by atoms with E-state index in [9.17, 15) is 19.7 Å². The molecule has 0 aromatic heterocycles. The van der Waals surface area contributed by atoms with Crippen LogP contribution < -0.4 is 15.4 Å². The number of benzene rings is 3. The molecule has 0 aliphatic rings. The van der Waals surface area contributed by atoms with Gasteiger partial charge < -0.3 is 15.4 Å². The number of nitro groups is 1. The summed E-state index contributed by atoms with van der Waals surface area (Å²) in [4.78, 5) is 34.8. The molecule has 0 saturated carbocycles. The zero-order valence-corrected chi connectivity index (χ0v) is 16.1. The third-order valence-electron chi connectivity index (χ3n) is 4.17. The van der Waals surface area contributed by atoms with Crippen molar-refractivity contribution in [2.24, 2.45) is 0 Å². The quantitative estimate of drug-likeness (QED) is 0.444. The second-order valence-corrected chi connectivity index (χ2v) is 6.25. The van der Waals surface area contributed by atoms with Crippen LogP contribution in [-0.4, -0.2) is 23.3 Å². The average Bonchev–Trinajstić information content (AvgIpc) is 2.76. The van der Waals surface area contributed by atoms with Crippen molar-refractivity contribution in [3.05, 3.63) is 94.0 Å². The first-order chi connectivity index (χ1) is 14.5. The minimum atomic E-state index is -0.529. The Bertz CT molecular complexity index is 1050. The molecule has 0 spiro atoms. The maximum Gasteiger partial charge on any atom is 0.269 e. The van der Waals surface area contributed by atoms with Crippen molar-refractivity contribution in [3.8, 4) is 5.75 Å². The van der Waals surface area contributed by atoms with Gasteiger partial charge in [-0.25, -0.2) is 0 Å². The van der Waals surface area contributed by atoms with Crippen LogP contribution in [0.5, 0.6) is 5.75 Å². The summed E-state index contributed by atoms with van der Waals surface area (Å²) in [5.74, 6) is 0.0347. The molecule has 3 rings (SSSR count). The molecule has 0 saturated heterocycles. The summed E-state index contributed by atoms with van der Waals surface area (Å²) >= 11 is 0. The molecule has 152 valence electrons. The fourth-order valence-electron chi connectivity index (χ4n) is 2.65. The minimum Gasteiger partial charge on any atom is -0.494 e. The number of anilines is 2. The first-order valence-corrected chi connectivity index (χ1v) is 9.16. The molecule has 3 aromatic carbocycles. The summed E-state index contributed by atoms with van der Waals surface area (Å²) < 4.78 is 5.37. The second-order valence-electron chi connectivity index (χ2n) is 6.25. The van der Waals surface area contributed by atoms with E-state index in [-0.39, 0.29) is 17.2 Å². The highest BCUT2D eigenvalue weighted by Crippen LogP contribution is 2.18. The molecule has 2 N–H and O–H groups in total. The van der Waals surface area contributed by atoms with Gasteiger partial charge in [0.2, 0.25) is 0 Å². The fraction of sp³-hybridized carbons (Fsp3) is 0.0909. The van der Waals surface area contributed by atoms with Gasteiger partial charge in [0.05, 0.1) is 11.5 Å². The van der Waals surface area contributed by atoms with E-state index in [1.165, 1.54) is 24.3 Å². The molecule has 0 aliphatic carbocycles. The van der Waals surface area contributed by atoms with E-state index in [0.29, 0.717) is 23.5 Å². The lowest BCUT2D eigenvalue weighted by molar-refractivity contribution is -0.384.